The number of pyridine rings is 1. The minimum Gasteiger partial charge on any atom is -0.489 e. The highest BCUT2D eigenvalue weighted by Gasteiger charge is 2.30. The lowest BCUT2D eigenvalue weighted by atomic mass is 10.1. The monoisotopic (exact) mass is 445 g/mol. The molecule has 2 atom stereocenters. The average Bonchev–Trinajstić information content (AvgIpc) is 3.42. The fraction of sp³-hybridized carbons (Fsp3) is 0.308. The zero-order valence-electron chi connectivity index (χ0n) is 18.8. The number of benzene rings is 2. The van der Waals surface area contributed by atoms with Crippen LogP contribution < -0.4 is 19.7 Å². The van der Waals surface area contributed by atoms with Gasteiger partial charge >= 0.3 is 5.97 Å². The number of esters is 1. The van der Waals surface area contributed by atoms with Gasteiger partial charge < -0.3 is 24.4 Å². The van der Waals surface area contributed by atoms with Gasteiger partial charge in [-0.3, -0.25) is 4.79 Å². The number of hydrogen-bond donors (Lipinski definition) is 1. The Morgan fingerprint density at radius 2 is 2.03 bits per heavy atom. The maximum absolute atomic E-state index is 11.3. The SMILES string of the molecule is CCCN(c1ccccn1)c1cccc2c1OC[C@H]2Nc1ccc2c(c1)OC[C@H]2OC(C)=O. The molecule has 0 bridgehead atoms. The molecule has 2 aromatic carbocycles. The third-order valence-corrected chi connectivity index (χ3v) is 5.86. The number of aromatic nitrogens is 1. The Balaban J connectivity index is 1.39. The van der Waals surface area contributed by atoms with Gasteiger partial charge in [0.15, 0.2) is 6.10 Å². The molecule has 5 rings (SSSR count). The summed E-state index contributed by atoms with van der Waals surface area (Å²) in [6, 6.07) is 18.1. The van der Waals surface area contributed by atoms with Crippen molar-refractivity contribution in [3.8, 4) is 11.5 Å². The summed E-state index contributed by atoms with van der Waals surface area (Å²) >= 11 is 0. The smallest absolute Gasteiger partial charge is 0.303 e. The van der Waals surface area contributed by atoms with E-state index < -0.39 is 0 Å². The molecule has 0 fully saturated rings. The van der Waals surface area contributed by atoms with Crippen LogP contribution in [0.4, 0.5) is 17.2 Å². The van der Waals surface area contributed by atoms with E-state index >= 15 is 0 Å². The lowest BCUT2D eigenvalue weighted by molar-refractivity contribution is -0.147. The predicted octanol–water partition coefficient (Wildman–Crippen LogP) is 5.17. The Hall–Kier alpha value is -3.74. The van der Waals surface area contributed by atoms with Gasteiger partial charge in [0.05, 0.1) is 11.7 Å². The summed E-state index contributed by atoms with van der Waals surface area (Å²) in [6.45, 7) is 5.29. The molecule has 170 valence electrons. The minimum absolute atomic E-state index is 0.0101. The largest absolute Gasteiger partial charge is 0.489 e. The molecule has 0 saturated carbocycles. The molecule has 0 aliphatic carbocycles. The average molecular weight is 446 g/mol. The molecule has 0 saturated heterocycles. The molecule has 3 aromatic rings. The minimum atomic E-state index is -0.346. The summed E-state index contributed by atoms with van der Waals surface area (Å²) in [4.78, 5) is 18.1. The highest BCUT2D eigenvalue weighted by molar-refractivity contribution is 5.71. The second-order valence-electron chi connectivity index (χ2n) is 8.20. The highest BCUT2D eigenvalue weighted by Crippen LogP contribution is 2.44. The molecule has 7 nitrogen and oxygen atoms in total. The summed E-state index contributed by atoms with van der Waals surface area (Å²) in [5.74, 6) is 2.23. The summed E-state index contributed by atoms with van der Waals surface area (Å²) in [6.07, 6.45) is 2.46. The second kappa shape index (κ2) is 9.02. The first-order valence-corrected chi connectivity index (χ1v) is 11.3. The van der Waals surface area contributed by atoms with E-state index in [4.69, 9.17) is 14.2 Å². The molecule has 0 unspecified atom stereocenters. The van der Waals surface area contributed by atoms with Gasteiger partial charge in [0.1, 0.15) is 30.5 Å². The zero-order valence-corrected chi connectivity index (χ0v) is 18.8. The van der Waals surface area contributed by atoms with Crippen LogP contribution in [0.15, 0.2) is 60.8 Å². The van der Waals surface area contributed by atoms with Crippen molar-refractivity contribution in [3.63, 3.8) is 0 Å². The molecule has 3 heterocycles. The van der Waals surface area contributed by atoms with Crippen molar-refractivity contribution < 1.29 is 19.0 Å². The lowest BCUT2D eigenvalue weighted by Crippen LogP contribution is -2.19. The van der Waals surface area contributed by atoms with Crippen molar-refractivity contribution in [3.05, 3.63) is 71.9 Å². The maximum atomic E-state index is 11.3. The van der Waals surface area contributed by atoms with E-state index in [1.54, 1.807) is 0 Å². The van der Waals surface area contributed by atoms with Crippen molar-refractivity contribution in [2.24, 2.45) is 0 Å². The van der Waals surface area contributed by atoms with Gasteiger partial charge in [-0.1, -0.05) is 25.1 Å². The molecule has 1 aromatic heterocycles. The van der Waals surface area contributed by atoms with Crippen molar-refractivity contribution >= 4 is 23.2 Å². The number of para-hydroxylation sites is 1. The number of nitrogens with zero attached hydrogens (tertiary/aromatic N) is 2. The van der Waals surface area contributed by atoms with Crippen LogP contribution in [0.25, 0.3) is 0 Å². The standard InChI is InChI=1S/C26H27N3O4/c1-3-13-29(25-9-4-5-12-27-25)22-8-6-7-19-21(15-32-26(19)22)28-18-10-11-20-23(14-18)31-16-24(20)33-17(2)30/h4-12,14,21,24,28H,3,13,15-16H2,1-2H3/t21-,24-/m1/s1. The Morgan fingerprint density at radius 1 is 1.12 bits per heavy atom. The zero-order chi connectivity index (χ0) is 22.8. The van der Waals surface area contributed by atoms with Crippen LogP contribution in [0.3, 0.4) is 0 Å². The molecule has 1 N–H and O–H groups in total. The summed E-state index contributed by atoms with van der Waals surface area (Å²) < 4.78 is 17.3. The number of fused-ring (bicyclic) bond motifs is 2. The highest BCUT2D eigenvalue weighted by atomic mass is 16.6. The van der Waals surface area contributed by atoms with Gasteiger partial charge in [-0.25, -0.2) is 4.98 Å². The Morgan fingerprint density at radius 3 is 2.82 bits per heavy atom. The van der Waals surface area contributed by atoms with Crippen LogP contribution in [0.1, 0.15) is 43.5 Å². The molecular weight excluding hydrogens is 418 g/mol. The first kappa shape index (κ1) is 21.1. The third-order valence-electron chi connectivity index (χ3n) is 5.86. The molecule has 0 amide bonds. The van der Waals surface area contributed by atoms with Gasteiger partial charge in [-0.2, -0.15) is 0 Å². The first-order chi connectivity index (χ1) is 16.1. The Kier molecular flexibility index (Phi) is 5.77. The fourth-order valence-electron chi connectivity index (χ4n) is 4.43. The Labute approximate surface area is 193 Å². The molecular formula is C26H27N3O4. The van der Waals surface area contributed by atoms with E-state index in [0.717, 1.165) is 52.8 Å². The fourth-order valence-corrected chi connectivity index (χ4v) is 4.43. The topological polar surface area (TPSA) is 72.9 Å². The van der Waals surface area contributed by atoms with Gasteiger partial charge in [-0.05, 0) is 36.8 Å². The van der Waals surface area contributed by atoms with Crippen LogP contribution in [-0.4, -0.2) is 30.7 Å². The van der Waals surface area contributed by atoms with E-state index in [1.807, 2.05) is 42.6 Å². The number of carbonyl (C=O) groups excluding carboxylic acids is 1. The second-order valence-corrected chi connectivity index (χ2v) is 8.20. The molecule has 2 aliphatic heterocycles. The number of anilines is 3. The van der Waals surface area contributed by atoms with Gasteiger partial charge in [0.25, 0.3) is 0 Å². The number of carbonyl (C=O) groups is 1. The van der Waals surface area contributed by atoms with Crippen LogP contribution in [0.2, 0.25) is 0 Å². The number of nitrogens with one attached hydrogen (secondary N) is 1. The normalized spacial score (nSPS) is 18.0. The van der Waals surface area contributed by atoms with Crippen molar-refractivity contribution in [2.75, 3.05) is 30.0 Å². The molecule has 33 heavy (non-hydrogen) atoms. The molecule has 7 heteroatoms. The quantitative estimate of drug-likeness (QED) is 0.503. The number of rotatable bonds is 7. The third kappa shape index (κ3) is 4.18. The van der Waals surface area contributed by atoms with E-state index in [1.165, 1.54) is 6.92 Å². The van der Waals surface area contributed by atoms with Crippen LogP contribution in [0, 0.1) is 0 Å². The van der Waals surface area contributed by atoms with Gasteiger partial charge in [0.2, 0.25) is 0 Å². The van der Waals surface area contributed by atoms with E-state index in [2.05, 4.69) is 40.3 Å². The number of ether oxygens (including phenoxy) is 3. The summed E-state index contributed by atoms with van der Waals surface area (Å²) in [5, 5.41) is 3.57. The predicted molar refractivity (Wildman–Crippen MR) is 126 cm³/mol. The lowest BCUT2D eigenvalue weighted by Gasteiger charge is -2.25. The first-order valence-electron chi connectivity index (χ1n) is 11.3. The molecule has 0 radical (unpaired) electrons. The van der Waals surface area contributed by atoms with Crippen LogP contribution in [-0.2, 0) is 9.53 Å². The maximum Gasteiger partial charge on any atom is 0.303 e. The van der Waals surface area contributed by atoms with E-state index in [9.17, 15) is 4.79 Å². The number of hydrogen-bond acceptors (Lipinski definition) is 7. The van der Waals surface area contributed by atoms with Crippen molar-refractivity contribution in [1.82, 2.24) is 4.98 Å². The van der Waals surface area contributed by atoms with Gasteiger partial charge in [-0.15, -0.1) is 0 Å². The molecule has 0 spiro atoms. The van der Waals surface area contributed by atoms with Gasteiger partial charge in [0, 0.05) is 42.5 Å². The summed E-state index contributed by atoms with van der Waals surface area (Å²) in [5.41, 5.74) is 3.97. The van der Waals surface area contributed by atoms with Crippen molar-refractivity contribution in [2.45, 2.75) is 32.4 Å². The van der Waals surface area contributed by atoms with Crippen molar-refractivity contribution in [1.29, 1.82) is 0 Å². The molecule has 2 aliphatic rings. The Bertz CT molecular complexity index is 1150. The van der Waals surface area contributed by atoms with Crippen LogP contribution >= 0.6 is 0 Å². The van der Waals surface area contributed by atoms with Crippen LogP contribution in [0.5, 0.6) is 11.5 Å². The van der Waals surface area contributed by atoms with E-state index in [0.29, 0.717) is 13.2 Å². The summed E-state index contributed by atoms with van der Waals surface area (Å²) in [7, 11) is 0. The van der Waals surface area contributed by atoms with E-state index in [-0.39, 0.29) is 18.1 Å².